The number of carbonyl (C=O) groups excluding carboxylic acids is 2. The SMILES string of the molecule is C=CC(=O)Nc1cccc(C2=CC=CC(=C/N=C)/C2=N\CNc2ccc(N3CCCC3=O)cc2)c1. The summed E-state index contributed by atoms with van der Waals surface area (Å²) in [6, 6.07) is 15.4. The van der Waals surface area contributed by atoms with Gasteiger partial charge in [-0.3, -0.25) is 19.6 Å². The molecule has 0 bridgehead atoms. The molecule has 1 heterocycles. The fraction of sp³-hybridized carbons (Fsp3) is 0.143. The minimum Gasteiger partial charge on any atom is -0.366 e. The molecule has 0 saturated carbocycles. The third-order valence-corrected chi connectivity index (χ3v) is 5.70. The normalized spacial score (nSPS) is 17.4. The van der Waals surface area contributed by atoms with E-state index in [1.165, 1.54) is 6.08 Å². The lowest BCUT2D eigenvalue weighted by molar-refractivity contribution is -0.117. The Morgan fingerprint density at radius 1 is 1.14 bits per heavy atom. The standard InChI is InChI=1S/C28H27N5O2/c1-3-26(34)32-23-9-4-7-20(17-23)25-10-5-8-21(18-29-2)28(25)31-19-30-22-12-14-24(15-13-22)33-16-6-11-27(33)35/h3-5,7-10,12-15,17-18,30H,1-2,6,11,16,19H2,(H,32,34)/b21-18-,31-28+. The van der Waals surface area contributed by atoms with Gasteiger partial charge in [0, 0.05) is 47.4 Å². The van der Waals surface area contributed by atoms with Crippen LogP contribution in [0.4, 0.5) is 17.1 Å². The molecular weight excluding hydrogens is 438 g/mol. The fourth-order valence-corrected chi connectivity index (χ4v) is 4.02. The van der Waals surface area contributed by atoms with E-state index in [1.54, 1.807) is 6.20 Å². The van der Waals surface area contributed by atoms with Crippen LogP contribution in [0.15, 0.2) is 101 Å². The largest absolute Gasteiger partial charge is 0.366 e. The number of hydrogen-bond acceptors (Lipinski definition) is 5. The van der Waals surface area contributed by atoms with Crippen LogP contribution in [0.5, 0.6) is 0 Å². The molecule has 7 nitrogen and oxygen atoms in total. The average molecular weight is 466 g/mol. The van der Waals surface area contributed by atoms with Gasteiger partial charge in [0.05, 0.1) is 5.71 Å². The third kappa shape index (κ3) is 5.70. The molecular formula is C28H27N5O2. The maximum absolute atomic E-state index is 12.0. The summed E-state index contributed by atoms with van der Waals surface area (Å²) in [7, 11) is 0. The predicted octanol–water partition coefficient (Wildman–Crippen LogP) is 4.99. The molecule has 35 heavy (non-hydrogen) atoms. The van der Waals surface area contributed by atoms with Gasteiger partial charge in [-0.25, -0.2) is 0 Å². The summed E-state index contributed by atoms with van der Waals surface area (Å²) < 4.78 is 0. The van der Waals surface area contributed by atoms with Crippen molar-refractivity contribution >= 4 is 46.9 Å². The van der Waals surface area contributed by atoms with Gasteiger partial charge in [0.1, 0.15) is 6.67 Å². The lowest BCUT2D eigenvalue weighted by Gasteiger charge is -2.17. The maximum atomic E-state index is 12.0. The smallest absolute Gasteiger partial charge is 0.247 e. The molecule has 1 aliphatic carbocycles. The van der Waals surface area contributed by atoms with Crippen LogP contribution < -0.4 is 15.5 Å². The molecule has 2 N–H and O–H groups in total. The molecule has 0 radical (unpaired) electrons. The zero-order chi connectivity index (χ0) is 24.6. The zero-order valence-corrected chi connectivity index (χ0v) is 19.4. The lowest BCUT2D eigenvalue weighted by atomic mass is 9.92. The van der Waals surface area contributed by atoms with Crippen LogP contribution in [-0.4, -0.2) is 37.5 Å². The summed E-state index contributed by atoms with van der Waals surface area (Å²) in [5, 5.41) is 6.11. The predicted molar refractivity (Wildman–Crippen MR) is 144 cm³/mol. The van der Waals surface area contributed by atoms with E-state index in [-0.39, 0.29) is 11.8 Å². The van der Waals surface area contributed by atoms with Crippen molar-refractivity contribution in [2.24, 2.45) is 9.98 Å². The molecule has 0 unspecified atom stereocenters. The first-order chi connectivity index (χ1) is 17.1. The quantitative estimate of drug-likeness (QED) is 0.426. The molecule has 2 aromatic rings. The van der Waals surface area contributed by atoms with Crippen LogP contribution in [0.1, 0.15) is 18.4 Å². The highest BCUT2D eigenvalue weighted by molar-refractivity contribution is 6.34. The molecule has 1 fully saturated rings. The van der Waals surface area contributed by atoms with Gasteiger partial charge < -0.3 is 15.5 Å². The number of hydrogen-bond donors (Lipinski definition) is 2. The van der Waals surface area contributed by atoms with Crippen molar-refractivity contribution < 1.29 is 9.59 Å². The summed E-state index contributed by atoms with van der Waals surface area (Å²) in [4.78, 5) is 34.3. The Morgan fingerprint density at radius 3 is 2.69 bits per heavy atom. The molecule has 176 valence electrons. The van der Waals surface area contributed by atoms with Gasteiger partial charge in [-0.2, -0.15) is 0 Å². The van der Waals surface area contributed by atoms with Crippen LogP contribution >= 0.6 is 0 Å². The van der Waals surface area contributed by atoms with Gasteiger partial charge in [-0.1, -0.05) is 36.9 Å². The minimum absolute atomic E-state index is 0.171. The second-order valence-electron chi connectivity index (χ2n) is 8.02. The minimum atomic E-state index is -0.269. The fourth-order valence-electron chi connectivity index (χ4n) is 4.02. The van der Waals surface area contributed by atoms with Crippen LogP contribution in [-0.2, 0) is 9.59 Å². The molecule has 7 heteroatoms. The van der Waals surface area contributed by atoms with E-state index in [9.17, 15) is 9.59 Å². The number of amides is 2. The van der Waals surface area contributed by atoms with E-state index >= 15 is 0 Å². The van der Waals surface area contributed by atoms with Crippen LogP contribution in [0.25, 0.3) is 5.57 Å². The van der Waals surface area contributed by atoms with E-state index in [1.807, 2.05) is 71.7 Å². The van der Waals surface area contributed by atoms with Crippen molar-refractivity contribution in [2.45, 2.75) is 12.8 Å². The van der Waals surface area contributed by atoms with Gasteiger partial charge in [0.2, 0.25) is 11.8 Å². The highest BCUT2D eigenvalue weighted by atomic mass is 16.2. The molecule has 2 aromatic carbocycles. The van der Waals surface area contributed by atoms with E-state index in [2.05, 4.69) is 28.9 Å². The second kappa shape index (κ2) is 11.1. The summed E-state index contributed by atoms with van der Waals surface area (Å²) in [6.45, 7) is 8.19. The molecule has 0 spiro atoms. The first kappa shape index (κ1) is 23.6. The highest BCUT2D eigenvalue weighted by Crippen LogP contribution is 2.27. The number of allylic oxidation sites excluding steroid dienone is 5. The monoisotopic (exact) mass is 465 g/mol. The summed E-state index contributed by atoms with van der Waals surface area (Å²) in [5.74, 6) is -0.0978. The van der Waals surface area contributed by atoms with Gasteiger partial charge in [0.25, 0.3) is 0 Å². The second-order valence-corrected chi connectivity index (χ2v) is 8.02. The average Bonchev–Trinajstić information content (AvgIpc) is 3.31. The van der Waals surface area contributed by atoms with Crippen molar-refractivity contribution in [3.8, 4) is 0 Å². The van der Waals surface area contributed by atoms with Gasteiger partial charge in [0.15, 0.2) is 0 Å². The molecule has 4 rings (SSSR count). The number of rotatable bonds is 8. The summed E-state index contributed by atoms with van der Waals surface area (Å²) in [5.41, 5.74) is 5.90. The van der Waals surface area contributed by atoms with Gasteiger partial charge >= 0.3 is 0 Å². The summed E-state index contributed by atoms with van der Waals surface area (Å²) >= 11 is 0. The summed E-state index contributed by atoms with van der Waals surface area (Å²) in [6.07, 6.45) is 10.3. The molecule has 2 amide bonds. The topological polar surface area (TPSA) is 86.2 Å². The van der Waals surface area contributed by atoms with E-state index in [0.717, 1.165) is 46.8 Å². The Bertz CT molecular complexity index is 1270. The Hall–Kier alpha value is -4.52. The van der Waals surface area contributed by atoms with Crippen molar-refractivity contribution in [3.63, 3.8) is 0 Å². The highest BCUT2D eigenvalue weighted by Gasteiger charge is 2.21. The van der Waals surface area contributed by atoms with Crippen LogP contribution in [0.2, 0.25) is 0 Å². The maximum Gasteiger partial charge on any atom is 0.247 e. The van der Waals surface area contributed by atoms with Crippen molar-refractivity contribution in [1.29, 1.82) is 0 Å². The van der Waals surface area contributed by atoms with E-state index in [0.29, 0.717) is 18.8 Å². The number of benzene rings is 2. The van der Waals surface area contributed by atoms with E-state index < -0.39 is 0 Å². The van der Waals surface area contributed by atoms with Crippen molar-refractivity contribution in [2.75, 3.05) is 28.7 Å². The number of nitrogens with one attached hydrogen (secondary N) is 2. The molecule has 1 aliphatic heterocycles. The molecule has 1 saturated heterocycles. The third-order valence-electron chi connectivity index (χ3n) is 5.70. The van der Waals surface area contributed by atoms with Gasteiger partial charge in [-0.05, 0) is 61.2 Å². The van der Waals surface area contributed by atoms with Crippen molar-refractivity contribution in [1.82, 2.24) is 0 Å². The Morgan fingerprint density at radius 2 is 1.97 bits per heavy atom. The molecule has 0 atom stereocenters. The van der Waals surface area contributed by atoms with Crippen LogP contribution in [0.3, 0.4) is 0 Å². The van der Waals surface area contributed by atoms with Crippen molar-refractivity contribution in [3.05, 3.63) is 96.8 Å². The lowest BCUT2D eigenvalue weighted by Crippen LogP contribution is -2.23. The Labute approximate surface area is 205 Å². The molecule has 2 aliphatic rings. The number of nitrogens with zero attached hydrogens (tertiary/aromatic N) is 3. The van der Waals surface area contributed by atoms with Crippen LogP contribution in [0, 0.1) is 0 Å². The van der Waals surface area contributed by atoms with E-state index in [4.69, 9.17) is 4.99 Å². The zero-order valence-electron chi connectivity index (χ0n) is 19.4. The first-order valence-electron chi connectivity index (χ1n) is 11.4. The number of aliphatic imine (C=N–C) groups is 2. The van der Waals surface area contributed by atoms with Gasteiger partial charge in [-0.15, -0.1) is 0 Å². The molecule has 0 aromatic heterocycles. The Kier molecular flexibility index (Phi) is 7.47. The first-order valence-corrected chi connectivity index (χ1v) is 11.4. The number of carbonyl (C=O) groups is 2. The Balaban J connectivity index is 1.53. The number of anilines is 3.